The summed E-state index contributed by atoms with van der Waals surface area (Å²) in [5, 5.41) is 25.2. The molecule has 0 unspecified atom stereocenters. The Morgan fingerprint density at radius 2 is 1.25 bits per heavy atom. The lowest BCUT2D eigenvalue weighted by molar-refractivity contribution is 0.0397. The molecule has 0 fully saturated rings. The molecule has 0 rings (SSSR count). The zero-order chi connectivity index (χ0) is 6.62. The number of aliphatic hydroxyl groups excluding tert-OH is 3. The monoisotopic (exact) mass is 119 g/mol. The first-order chi connectivity index (χ1) is 3.68. The summed E-state index contributed by atoms with van der Waals surface area (Å²) in [6, 6.07) is 0. The zero-order valence-electron chi connectivity index (χ0n) is 4.67. The van der Waals surface area contributed by atoms with Crippen LogP contribution in [-0.4, -0.2) is 35.1 Å². The molecule has 0 aliphatic rings. The van der Waals surface area contributed by atoms with Crippen molar-refractivity contribution in [3.63, 3.8) is 0 Å². The van der Waals surface area contributed by atoms with Crippen LogP contribution in [0.4, 0.5) is 0 Å². The summed E-state index contributed by atoms with van der Waals surface area (Å²) in [4.78, 5) is 0. The van der Waals surface area contributed by atoms with E-state index in [1.165, 1.54) is 0 Å². The standard InChI is InChI=1S/C5H11O3/c1-5(2-6,3-7)4-8/h6-8H,1-4H2/q+1. The second-order valence-electron chi connectivity index (χ2n) is 1.97. The van der Waals surface area contributed by atoms with Gasteiger partial charge in [0.05, 0.1) is 26.7 Å². The molecule has 0 spiro atoms. The van der Waals surface area contributed by atoms with Crippen molar-refractivity contribution in [2.75, 3.05) is 19.8 Å². The molecule has 0 amide bonds. The highest BCUT2D eigenvalue weighted by Crippen LogP contribution is 2.10. The Bertz CT molecular complexity index is 50.4. The number of aliphatic hydroxyl groups is 3. The Balaban J connectivity index is 3.58. The first kappa shape index (κ1) is 7.75. The van der Waals surface area contributed by atoms with Crippen LogP contribution in [0.2, 0.25) is 0 Å². The predicted octanol–water partition coefficient (Wildman–Crippen LogP) is -1.22. The van der Waals surface area contributed by atoms with Gasteiger partial charge in [0.15, 0.2) is 5.41 Å². The molecular formula is C5H11O3+. The lowest BCUT2D eigenvalue weighted by Gasteiger charge is -2.12. The van der Waals surface area contributed by atoms with Gasteiger partial charge >= 0.3 is 0 Å². The molecular weight excluding hydrogens is 108 g/mol. The molecule has 0 atom stereocenters. The van der Waals surface area contributed by atoms with Gasteiger partial charge in [-0.15, -0.1) is 0 Å². The van der Waals surface area contributed by atoms with Gasteiger partial charge in [0.2, 0.25) is 0 Å². The highest BCUT2D eigenvalue weighted by molar-refractivity contribution is 4.78. The van der Waals surface area contributed by atoms with Crippen molar-refractivity contribution in [1.82, 2.24) is 0 Å². The molecule has 0 aromatic carbocycles. The van der Waals surface area contributed by atoms with E-state index in [2.05, 4.69) is 6.92 Å². The fourth-order valence-corrected chi connectivity index (χ4v) is 0.150. The average molecular weight is 119 g/mol. The second kappa shape index (κ2) is 2.91. The van der Waals surface area contributed by atoms with E-state index in [1.54, 1.807) is 0 Å². The van der Waals surface area contributed by atoms with Gasteiger partial charge in [-0.3, -0.25) is 0 Å². The molecule has 0 heterocycles. The van der Waals surface area contributed by atoms with Crippen molar-refractivity contribution in [1.29, 1.82) is 0 Å². The molecule has 0 radical (unpaired) electrons. The Morgan fingerprint density at radius 1 is 1.00 bits per heavy atom. The minimum absolute atomic E-state index is 0.292. The molecule has 0 aliphatic heterocycles. The molecule has 0 bridgehead atoms. The van der Waals surface area contributed by atoms with Crippen molar-refractivity contribution in [3.05, 3.63) is 6.92 Å². The van der Waals surface area contributed by atoms with Crippen molar-refractivity contribution in [2.45, 2.75) is 0 Å². The third-order valence-corrected chi connectivity index (χ3v) is 1.01. The van der Waals surface area contributed by atoms with Crippen LogP contribution in [-0.2, 0) is 0 Å². The van der Waals surface area contributed by atoms with Crippen LogP contribution in [0.25, 0.3) is 0 Å². The van der Waals surface area contributed by atoms with E-state index in [1.807, 2.05) is 0 Å². The van der Waals surface area contributed by atoms with Gasteiger partial charge in [-0.2, -0.15) is 0 Å². The molecule has 3 N–H and O–H groups in total. The van der Waals surface area contributed by atoms with Crippen LogP contribution in [0, 0.1) is 12.3 Å². The highest BCUT2D eigenvalue weighted by atomic mass is 16.3. The van der Waals surface area contributed by atoms with Crippen LogP contribution in [0.1, 0.15) is 0 Å². The van der Waals surface area contributed by atoms with Gasteiger partial charge in [0.25, 0.3) is 0 Å². The van der Waals surface area contributed by atoms with E-state index < -0.39 is 5.41 Å². The van der Waals surface area contributed by atoms with Crippen molar-refractivity contribution < 1.29 is 15.3 Å². The summed E-state index contributed by atoms with van der Waals surface area (Å²) < 4.78 is 0. The van der Waals surface area contributed by atoms with Gasteiger partial charge in [-0.25, -0.2) is 0 Å². The Labute approximate surface area is 48.6 Å². The van der Waals surface area contributed by atoms with E-state index in [0.717, 1.165) is 0 Å². The van der Waals surface area contributed by atoms with Crippen LogP contribution < -0.4 is 0 Å². The number of rotatable bonds is 3. The van der Waals surface area contributed by atoms with E-state index >= 15 is 0 Å². The summed E-state index contributed by atoms with van der Waals surface area (Å²) in [6.45, 7) is 2.50. The molecule has 8 heavy (non-hydrogen) atoms. The molecule has 0 saturated carbocycles. The molecule has 3 heteroatoms. The third-order valence-electron chi connectivity index (χ3n) is 1.01. The summed E-state index contributed by atoms with van der Waals surface area (Å²) in [5.41, 5.74) is -0.958. The zero-order valence-corrected chi connectivity index (χ0v) is 4.67. The molecule has 3 nitrogen and oxygen atoms in total. The first-order valence-corrected chi connectivity index (χ1v) is 2.36. The summed E-state index contributed by atoms with van der Waals surface area (Å²) in [7, 11) is 0. The topological polar surface area (TPSA) is 60.7 Å². The Hall–Kier alpha value is -0.250. The largest absolute Gasteiger partial charge is 0.391 e. The van der Waals surface area contributed by atoms with Gasteiger partial charge in [-0.05, 0) is 0 Å². The summed E-state index contributed by atoms with van der Waals surface area (Å²) in [5.74, 6) is 0. The van der Waals surface area contributed by atoms with Crippen LogP contribution in [0.15, 0.2) is 0 Å². The third kappa shape index (κ3) is 1.69. The van der Waals surface area contributed by atoms with E-state index in [9.17, 15) is 0 Å². The fraction of sp³-hybridized carbons (Fsp3) is 0.800. The van der Waals surface area contributed by atoms with Gasteiger partial charge in [-0.1, -0.05) is 0 Å². The minimum Gasteiger partial charge on any atom is -0.391 e. The van der Waals surface area contributed by atoms with Crippen LogP contribution in [0.5, 0.6) is 0 Å². The number of hydrogen-bond donors (Lipinski definition) is 3. The maximum atomic E-state index is 8.40. The fourth-order valence-electron chi connectivity index (χ4n) is 0.150. The lowest BCUT2D eigenvalue weighted by atomic mass is 9.95. The highest BCUT2D eigenvalue weighted by Gasteiger charge is 2.28. The molecule has 0 saturated heterocycles. The molecule has 48 valence electrons. The van der Waals surface area contributed by atoms with E-state index in [0.29, 0.717) is 0 Å². The lowest BCUT2D eigenvalue weighted by Crippen LogP contribution is -2.30. The molecule has 0 aliphatic carbocycles. The molecule has 0 aromatic heterocycles. The summed E-state index contributed by atoms with van der Waals surface area (Å²) in [6.07, 6.45) is 0. The Morgan fingerprint density at radius 3 is 1.25 bits per heavy atom. The predicted molar refractivity (Wildman–Crippen MR) is 29.0 cm³/mol. The maximum absolute atomic E-state index is 8.40. The second-order valence-corrected chi connectivity index (χ2v) is 1.97. The first-order valence-electron chi connectivity index (χ1n) is 2.36. The maximum Gasteiger partial charge on any atom is 0.174 e. The van der Waals surface area contributed by atoms with Crippen molar-refractivity contribution in [2.24, 2.45) is 5.41 Å². The number of hydrogen-bond acceptors (Lipinski definition) is 3. The normalized spacial score (nSPS) is 11.9. The van der Waals surface area contributed by atoms with Crippen molar-refractivity contribution >= 4 is 0 Å². The minimum atomic E-state index is -0.958. The van der Waals surface area contributed by atoms with Gasteiger partial charge < -0.3 is 15.3 Å². The quantitative estimate of drug-likeness (QED) is 0.408. The van der Waals surface area contributed by atoms with E-state index in [-0.39, 0.29) is 19.8 Å². The van der Waals surface area contributed by atoms with Crippen molar-refractivity contribution in [3.8, 4) is 0 Å². The van der Waals surface area contributed by atoms with Gasteiger partial charge in [0.1, 0.15) is 0 Å². The smallest absolute Gasteiger partial charge is 0.174 e. The average Bonchev–Trinajstić information content (AvgIpc) is 1.87. The van der Waals surface area contributed by atoms with Crippen LogP contribution >= 0.6 is 0 Å². The molecule has 0 aromatic rings. The van der Waals surface area contributed by atoms with Crippen LogP contribution in [0.3, 0.4) is 0 Å². The SMILES string of the molecule is [CH2+]C(CO)(CO)CO. The van der Waals surface area contributed by atoms with E-state index in [4.69, 9.17) is 15.3 Å². The summed E-state index contributed by atoms with van der Waals surface area (Å²) >= 11 is 0. The Kier molecular flexibility index (Phi) is 2.82. The van der Waals surface area contributed by atoms with Gasteiger partial charge in [0, 0.05) is 0 Å².